The quantitative estimate of drug-likeness (QED) is 0.772. The first-order valence-corrected chi connectivity index (χ1v) is 4.49. The van der Waals surface area contributed by atoms with Gasteiger partial charge in [0.2, 0.25) is 0 Å². The number of rotatable bonds is 4. The van der Waals surface area contributed by atoms with E-state index in [4.69, 9.17) is 16.7 Å². The number of halogens is 1. The molecular weight excluding hydrogens is 190 g/mol. The van der Waals surface area contributed by atoms with Gasteiger partial charge in [0.05, 0.1) is 12.6 Å². The highest BCUT2D eigenvalue weighted by molar-refractivity contribution is 6.31. The van der Waals surface area contributed by atoms with Gasteiger partial charge < -0.3 is 10.4 Å². The van der Waals surface area contributed by atoms with Crippen molar-refractivity contribution in [3.8, 4) is 0 Å². The molecule has 4 nitrogen and oxygen atoms in total. The Bertz CT molecular complexity index is 265. The van der Waals surface area contributed by atoms with Crippen molar-refractivity contribution in [1.29, 1.82) is 0 Å². The largest absolute Gasteiger partial charge is 0.394 e. The van der Waals surface area contributed by atoms with Gasteiger partial charge in [-0.2, -0.15) is 0 Å². The van der Waals surface area contributed by atoms with Gasteiger partial charge in [-0.15, -0.1) is 0 Å². The molecule has 13 heavy (non-hydrogen) atoms. The molecule has 0 bridgehead atoms. The second kappa shape index (κ2) is 4.99. The van der Waals surface area contributed by atoms with E-state index in [0.29, 0.717) is 11.0 Å². The van der Waals surface area contributed by atoms with Gasteiger partial charge in [-0.1, -0.05) is 18.5 Å². The van der Waals surface area contributed by atoms with Gasteiger partial charge >= 0.3 is 0 Å². The fourth-order valence-corrected chi connectivity index (χ4v) is 1.05. The van der Waals surface area contributed by atoms with E-state index in [1.807, 2.05) is 6.92 Å². The molecule has 1 aromatic heterocycles. The Morgan fingerprint density at radius 3 is 2.77 bits per heavy atom. The zero-order chi connectivity index (χ0) is 9.68. The van der Waals surface area contributed by atoms with Crippen molar-refractivity contribution in [3.63, 3.8) is 0 Å². The third-order valence-electron chi connectivity index (χ3n) is 1.71. The van der Waals surface area contributed by atoms with Gasteiger partial charge in [0.15, 0.2) is 11.0 Å². The van der Waals surface area contributed by atoms with Crippen molar-refractivity contribution in [2.45, 2.75) is 19.4 Å². The molecule has 1 aromatic rings. The first-order valence-electron chi connectivity index (χ1n) is 4.11. The highest BCUT2D eigenvalue weighted by atomic mass is 35.5. The minimum absolute atomic E-state index is 0.0193. The van der Waals surface area contributed by atoms with Crippen molar-refractivity contribution in [2.75, 3.05) is 11.9 Å². The second-order valence-electron chi connectivity index (χ2n) is 2.63. The number of anilines is 1. The molecule has 0 amide bonds. The molecule has 0 aromatic carbocycles. The molecule has 5 heteroatoms. The molecule has 0 saturated carbocycles. The first-order chi connectivity index (χ1) is 6.27. The molecule has 0 spiro atoms. The number of hydrogen-bond donors (Lipinski definition) is 2. The van der Waals surface area contributed by atoms with Crippen LogP contribution >= 0.6 is 11.6 Å². The fraction of sp³-hybridized carbons (Fsp3) is 0.500. The first kappa shape index (κ1) is 10.2. The van der Waals surface area contributed by atoms with Crippen LogP contribution in [0.3, 0.4) is 0 Å². The smallest absolute Gasteiger partial charge is 0.171 e. The maximum atomic E-state index is 8.92. The maximum Gasteiger partial charge on any atom is 0.171 e. The third kappa shape index (κ3) is 2.82. The Balaban J connectivity index is 2.67. The summed E-state index contributed by atoms with van der Waals surface area (Å²) >= 11 is 5.76. The number of nitrogens with zero attached hydrogens (tertiary/aromatic N) is 2. The predicted molar refractivity (Wildman–Crippen MR) is 51.8 cm³/mol. The van der Waals surface area contributed by atoms with Crippen molar-refractivity contribution in [1.82, 2.24) is 9.97 Å². The number of aromatic nitrogens is 2. The number of nitrogens with one attached hydrogen (secondary N) is 1. The summed E-state index contributed by atoms with van der Waals surface area (Å²) in [4.78, 5) is 7.86. The third-order valence-corrected chi connectivity index (χ3v) is 1.98. The molecule has 1 rings (SSSR count). The molecule has 2 N–H and O–H groups in total. The summed E-state index contributed by atoms with van der Waals surface area (Å²) in [6.07, 6.45) is 3.88. The van der Waals surface area contributed by atoms with Crippen molar-refractivity contribution in [2.24, 2.45) is 0 Å². The highest BCUT2D eigenvalue weighted by Gasteiger charge is 2.07. The van der Waals surface area contributed by atoms with E-state index in [2.05, 4.69) is 15.3 Å². The summed E-state index contributed by atoms with van der Waals surface area (Å²) in [5.74, 6) is 0.519. The summed E-state index contributed by atoms with van der Waals surface area (Å²) in [5.41, 5.74) is 0. The Labute approximate surface area is 82.0 Å². The molecule has 1 atom stereocenters. The van der Waals surface area contributed by atoms with Gasteiger partial charge in [-0.3, -0.25) is 0 Å². The van der Waals surface area contributed by atoms with Crippen LogP contribution in [0, 0.1) is 0 Å². The normalized spacial score (nSPS) is 12.5. The lowest BCUT2D eigenvalue weighted by Crippen LogP contribution is -2.23. The monoisotopic (exact) mass is 201 g/mol. The Morgan fingerprint density at radius 1 is 1.54 bits per heavy atom. The topological polar surface area (TPSA) is 58.0 Å². The number of aliphatic hydroxyl groups is 1. The van der Waals surface area contributed by atoms with E-state index in [-0.39, 0.29) is 12.6 Å². The van der Waals surface area contributed by atoms with Crippen LogP contribution in [0.1, 0.15) is 13.3 Å². The lowest BCUT2D eigenvalue weighted by Gasteiger charge is -2.14. The van der Waals surface area contributed by atoms with Crippen molar-refractivity contribution in [3.05, 3.63) is 17.5 Å². The second-order valence-corrected chi connectivity index (χ2v) is 2.99. The van der Waals surface area contributed by atoms with Crippen LogP contribution in [0.4, 0.5) is 5.82 Å². The van der Waals surface area contributed by atoms with E-state index >= 15 is 0 Å². The maximum absolute atomic E-state index is 8.92. The summed E-state index contributed by atoms with van der Waals surface area (Å²) in [5, 5.41) is 12.2. The van der Waals surface area contributed by atoms with E-state index in [0.717, 1.165) is 6.42 Å². The van der Waals surface area contributed by atoms with Gasteiger partial charge in [0.1, 0.15) is 0 Å². The summed E-state index contributed by atoms with van der Waals surface area (Å²) in [7, 11) is 0. The number of hydrogen-bond acceptors (Lipinski definition) is 4. The van der Waals surface area contributed by atoms with E-state index in [1.165, 1.54) is 6.20 Å². The molecule has 0 aliphatic carbocycles. The Kier molecular flexibility index (Phi) is 3.92. The van der Waals surface area contributed by atoms with Crippen LogP contribution < -0.4 is 5.32 Å². The lowest BCUT2D eigenvalue weighted by molar-refractivity contribution is 0.271. The van der Waals surface area contributed by atoms with Gasteiger partial charge in [0.25, 0.3) is 0 Å². The molecule has 1 heterocycles. The summed E-state index contributed by atoms with van der Waals surface area (Å²) in [6, 6.07) is -0.0193. The lowest BCUT2D eigenvalue weighted by atomic mass is 10.2. The van der Waals surface area contributed by atoms with Crippen LogP contribution in [0.5, 0.6) is 0 Å². The number of aliphatic hydroxyl groups excluding tert-OH is 1. The summed E-state index contributed by atoms with van der Waals surface area (Å²) in [6.45, 7) is 2.03. The van der Waals surface area contributed by atoms with Crippen LogP contribution in [0.15, 0.2) is 12.4 Å². The molecule has 0 radical (unpaired) electrons. The highest BCUT2D eigenvalue weighted by Crippen LogP contribution is 2.15. The zero-order valence-corrected chi connectivity index (χ0v) is 8.12. The molecule has 72 valence electrons. The molecule has 0 saturated heterocycles. The average Bonchev–Trinajstić information content (AvgIpc) is 2.17. The zero-order valence-electron chi connectivity index (χ0n) is 7.37. The van der Waals surface area contributed by atoms with E-state index in [9.17, 15) is 0 Å². The standard InChI is InChI=1S/C8H12ClN3O/c1-2-6(5-13)12-8-7(9)10-3-4-11-8/h3-4,6,13H,2,5H2,1H3,(H,11,12)/t6-/m1/s1. The van der Waals surface area contributed by atoms with E-state index in [1.54, 1.807) is 6.20 Å². The minimum Gasteiger partial charge on any atom is -0.394 e. The molecule has 0 aliphatic heterocycles. The fourth-order valence-electron chi connectivity index (χ4n) is 0.888. The van der Waals surface area contributed by atoms with Gasteiger partial charge in [-0.25, -0.2) is 9.97 Å². The van der Waals surface area contributed by atoms with Gasteiger partial charge in [0, 0.05) is 12.4 Å². The van der Waals surface area contributed by atoms with E-state index < -0.39 is 0 Å². The van der Waals surface area contributed by atoms with Crippen LogP contribution in [0.2, 0.25) is 5.15 Å². The minimum atomic E-state index is -0.0193. The predicted octanol–water partition coefficient (Wildman–Crippen LogP) is 1.31. The average molecular weight is 202 g/mol. The molecule has 0 fully saturated rings. The Hall–Kier alpha value is -0.870. The summed E-state index contributed by atoms with van der Waals surface area (Å²) < 4.78 is 0. The molecule has 0 unspecified atom stereocenters. The Morgan fingerprint density at radius 2 is 2.23 bits per heavy atom. The van der Waals surface area contributed by atoms with Crippen LogP contribution in [-0.2, 0) is 0 Å². The van der Waals surface area contributed by atoms with Crippen molar-refractivity contribution >= 4 is 17.4 Å². The van der Waals surface area contributed by atoms with Crippen molar-refractivity contribution < 1.29 is 5.11 Å². The van der Waals surface area contributed by atoms with Gasteiger partial charge in [-0.05, 0) is 6.42 Å². The SMILES string of the molecule is CC[C@H](CO)Nc1nccnc1Cl. The van der Waals surface area contributed by atoms with Crippen LogP contribution in [0.25, 0.3) is 0 Å². The molecule has 0 aliphatic rings. The van der Waals surface area contributed by atoms with Crippen LogP contribution in [-0.4, -0.2) is 27.7 Å². The molecular formula is C8H12ClN3O.